The average Bonchev–Trinajstić information content (AvgIpc) is 2.81. The molecule has 0 aliphatic rings. The van der Waals surface area contributed by atoms with E-state index in [1.165, 1.54) is 18.3 Å². The van der Waals surface area contributed by atoms with Crippen LogP contribution in [0.1, 0.15) is 35.3 Å². The maximum Gasteiger partial charge on any atom is 0.262 e. The second-order valence-corrected chi connectivity index (χ2v) is 9.87. The normalized spacial score (nSPS) is 12.0. The number of nitrogens with zero attached hydrogens (tertiary/aromatic N) is 1. The van der Waals surface area contributed by atoms with Crippen molar-refractivity contribution in [1.29, 1.82) is 0 Å². The van der Waals surface area contributed by atoms with Crippen LogP contribution in [0, 0.1) is 5.92 Å². The smallest absolute Gasteiger partial charge is 0.262 e. The first kappa shape index (κ1) is 27.8. The summed E-state index contributed by atoms with van der Waals surface area (Å²) >= 11 is 24.2. The van der Waals surface area contributed by atoms with Crippen LogP contribution in [0.25, 0.3) is 0 Å². The summed E-state index contributed by atoms with van der Waals surface area (Å²) in [4.78, 5) is 25.5. The molecule has 2 N–H and O–H groups in total. The van der Waals surface area contributed by atoms with Crippen molar-refractivity contribution in [2.45, 2.75) is 26.5 Å². The van der Waals surface area contributed by atoms with Gasteiger partial charge in [-0.25, -0.2) is 5.43 Å². The Hall–Kier alpha value is -2.77. The third-order valence-electron chi connectivity index (χ3n) is 5.05. The summed E-state index contributed by atoms with van der Waals surface area (Å²) in [5.74, 6) is -0.703. The highest BCUT2D eigenvalue weighted by molar-refractivity contribution is 6.36. The number of amides is 2. The number of ether oxygens (including phenoxy) is 1. The van der Waals surface area contributed by atoms with Gasteiger partial charge in [0.15, 0.2) is 0 Å². The predicted molar refractivity (Wildman–Crippen MR) is 146 cm³/mol. The molecule has 1 unspecified atom stereocenters. The summed E-state index contributed by atoms with van der Waals surface area (Å²) < 4.78 is 5.90. The van der Waals surface area contributed by atoms with Crippen LogP contribution in [0.15, 0.2) is 65.8 Å². The van der Waals surface area contributed by atoms with E-state index in [0.717, 1.165) is 5.56 Å². The van der Waals surface area contributed by atoms with Crippen molar-refractivity contribution >= 4 is 64.4 Å². The van der Waals surface area contributed by atoms with Gasteiger partial charge < -0.3 is 10.1 Å². The minimum absolute atomic E-state index is 0.187. The molecule has 0 heterocycles. The third-order valence-corrected chi connectivity index (χ3v) is 6.06. The Bertz CT molecular complexity index is 1280. The predicted octanol–water partition coefficient (Wildman–Crippen LogP) is 6.78. The number of benzene rings is 3. The molecule has 3 aromatic carbocycles. The van der Waals surface area contributed by atoms with Crippen LogP contribution in [0.2, 0.25) is 20.1 Å². The fourth-order valence-electron chi connectivity index (χ4n) is 3.20. The second-order valence-electron chi connectivity index (χ2n) is 8.15. The van der Waals surface area contributed by atoms with Crippen LogP contribution in [0.5, 0.6) is 5.75 Å². The Morgan fingerprint density at radius 2 is 1.64 bits per heavy atom. The van der Waals surface area contributed by atoms with Gasteiger partial charge in [-0.05, 0) is 60.0 Å². The zero-order valence-corrected chi connectivity index (χ0v) is 22.4. The number of nitrogens with one attached hydrogen (secondary N) is 2. The molecule has 0 aromatic heterocycles. The fraction of sp³-hybridized carbons (Fsp3) is 0.192. The quantitative estimate of drug-likeness (QED) is 0.221. The van der Waals surface area contributed by atoms with Gasteiger partial charge in [0.05, 0.1) is 16.8 Å². The largest absolute Gasteiger partial charge is 0.488 e. The maximum atomic E-state index is 12.8. The van der Waals surface area contributed by atoms with E-state index in [9.17, 15) is 9.59 Å². The van der Waals surface area contributed by atoms with Crippen LogP contribution in [0.4, 0.5) is 0 Å². The lowest BCUT2D eigenvalue weighted by atomic mass is 10.0. The molecule has 3 rings (SSSR count). The fourth-order valence-corrected chi connectivity index (χ4v) is 4.09. The summed E-state index contributed by atoms with van der Waals surface area (Å²) in [7, 11) is 0. The van der Waals surface area contributed by atoms with Gasteiger partial charge in [0.1, 0.15) is 18.4 Å². The molecular weight excluding hydrogens is 544 g/mol. The van der Waals surface area contributed by atoms with E-state index in [-0.39, 0.29) is 23.1 Å². The monoisotopic (exact) mass is 565 g/mol. The summed E-state index contributed by atoms with van der Waals surface area (Å²) in [6, 6.07) is 16.0. The molecule has 1 atom stereocenters. The minimum atomic E-state index is -0.862. The Morgan fingerprint density at radius 3 is 2.33 bits per heavy atom. The average molecular weight is 567 g/mol. The molecule has 0 aliphatic carbocycles. The van der Waals surface area contributed by atoms with E-state index < -0.39 is 17.9 Å². The van der Waals surface area contributed by atoms with Crippen LogP contribution in [0.3, 0.4) is 0 Å². The number of carbonyl (C=O) groups is 2. The van der Waals surface area contributed by atoms with Crippen molar-refractivity contribution in [3.05, 3.63) is 97.4 Å². The molecule has 0 radical (unpaired) electrons. The summed E-state index contributed by atoms with van der Waals surface area (Å²) in [5.41, 5.74) is 4.13. The molecule has 0 spiro atoms. The van der Waals surface area contributed by atoms with Gasteiger partial charge in [-0.15, -0.1) is 0 Å². The van der Waals surface area contributed by atoms with Crippen molar-refractivity contribution in [1.82, 2.24) is 10.7 Å². The minimum Gasteiger partial charge on any atom is -0.488 e. The van der Waals surface area contributed by atoms with Crippen LogP contribution in [-0.2, 0) is 11.4 Å². The van der Waals surface area contributed by atoms with E-state index in [1.807, 2.05) is 18.2 Å². The number of carbonyl (C=O) groups excluding carboxylic acids is 2. The maximum absolute atomic E-state index is 12.8. The van der Waals surface area contributed by atoms with Gasteiger partial charge in [-0.1, -0.05) is 72.4 Å². The van der Waals surface area contributed by atoms with Gasteiger partial charge >= 0.3 is 0 Å². The number of hydrogen-bond donors (Lipinski definition) is 2. The Kier molecular flexibility index (Phi) is 10.0. The SMILES string of the molecule is CC(C)C(NC(=O)c1ccc(Cl)cc1Cl)C(=O)NN=Cc1cc(Cl)ccc1OCc1cccc(Cl)c1. The molecule has 3 aromatic rings. The number of hydrazone groups is 1. The lowest BCUT2D eigenvalue weighted by molar-refractivity contribution is -0.123. The van der Waals surface area contributed by atoms with E-state index in [2.05, 4.69) is 15.8 Å². The van der Waals surface area contributed by atoms with E-state index >= 15 is 0 Å². The molecule has 6 nitrogen and oxygen atoms in total. The van der Waals surface area contributed by atoms with Crippen molar-refractivity contribution < 1.29 is 14.3 Å². The van der Waals surface area contributed by atoms with Crippen LogP contribution >= 0.6 is 46.4 Å². The molecule has 0 bridgehead atoms. The summed E-state index contributed by atoms with van der Waals surface area (Å²) in [6.07, 6.45) is 1.42. The molecule has 188 valence electrons. The Morgan fingerprint density at radius 1 is 0.944 bits per heavy atom. The molecule has 0 saturated carbocycles. The highest BCUT2D eigenvalue weighted by Gasteiger charge is 2.25. The van der Waals surface area contributed by atoms with Gasteiger partial charge in [-0.3, -0.25) is 9.59 Å². The molecular formula is C26H23Cl4N3O3. The van der Waals surface area contributed by atoms with Crippen molar-refractivity contribution in [2.24, 2.45) is 11.0 Å². The Balaban J connectivity index is 1.68. The second kappa shape index (κ2) is 13.0. The zero-order chi connectivity index (χ0) is 26.2. The van der Waals surface area contributed by atoms with Gasteiger partial charge in [-0.2, -0.15) is 5.10 Å². The van der Waals surface area contributed by atoms with Crippen molar-refractivity contribution in [2.75, 3.05) is 0 Å². The molecule has 0 aliphatic heterocycles. The standard InChI is InChI=1S/C26H23Cl4N3O3/c1-15(2)24(32-25(34)21-8-6-20(29)12-22(21)30)26(35)33-31-13-17-11-19(28)7-9-23(17)36-14-16-4-3-5-18(27)10-16/h3-13,15,24H,14H2,1-2H3,(H,32,34)(H,33,35). The number of rotatable bonds is 9. The molecule has 2 amide bonds. The lowest BCUT2D eigenvalue weighted by Gasteiger charge is -2.20. The Labute approximate surface area is 229 Å². The lowest BCUT2D eigenvalue weighted by Crippen LogP contribution is -2.48. The van der Waals surface area contributed by atoms with Crippen molar-refractivity contribution in [3.63, 3.8) is 0 Å². The van der Waals surface area contributed by atoms with Gasteiger partial charge in [0.2, 0.25) is 0 Å². The third kappa shape index (κ3) is 7.87. The molecule has 0 fully saturated rings. The summed E-state index contributed by atoms with van der Waals surface area (Å²) in [5, 5.41) is 8.42. The molecule has 10 heteroatoms. The van der Waals surface area contributed by atoms with Crippen molar-refractivity contribution in [3.8, 4) is 5.75 Å². The van der Waals surface area contributed by atoms with Crippen LogP contribution < -0.4 is 15.5 Å². The highest BCUT2D eigenvalue weighted by atomic mass is 35.5. The summed E-state index contributed by atoms with van der Waals surface area (Å²) in [6.45, 7) is 3.89. The van der Waals surface area contributed by atoms with Gasteiger partial charge in [0, 0.05) is 20.6 Å². The van der Waals surface area contributed by atoms with E-state index in [4.69, 9.17) is 51.1 Å². The van der Waals surface area contributed by atoms with Crippen LogP contribution in [-0.4, -0.2) is 24.1 Å². The molecule has 36 heavy (non-hydrogen) atoms. The first-order valence-corrected chi connectivity index (χ1v) is 12.4. The molecule has 0 saturated heterocycles. The number of hydrogen-bond acceptors (Lipinski definition) is 4. The van der Waals surface area contributed by atoms with E-state index in [1.54, 1.807) is 44.2 Å². The van der Waals surface area contributed by atoms with E-state index in [0.29, 0.717) is 26.4 Å². The first-order valence-electron chi connectivity index (χ1n) is 10.9. The highest BCUT2D eigenvalue weighted by Crippen LogP contribution is 2.23. The van der Waals surface area contributed by atoms with Gasteiger partial charge in [0.25, 0.3) is 11.8 Å². The topological polar surface area (TPSA) is 79.8 Å². The number of halogens is 4. The zero-order valence-electron chi connectivity index (χ0n) is 19.4. The first-order chi connectivity index (χ1) is 17.1.